The number of rotatable bonds is 9. The number of likely N-dealkylation sites (tertiary alicyclic amines) is 1. The summed E-state index contributed by atoms with van der Waals surface area (Å²) in [7, 11) is 0. The quantitative estimate of drug-likeness (QED) is 0.161. The standard InChI is InChI=1S/C33H30N2O5/c1-3-39-27-11-7-25(8-12-27)30-29(32(37)33(38)35(30)20-23-15-17-34-18-16-23)31(36)26-9-13-28(14-10-26)40-21-24-6-4-5-22(2)19-24/h4-19,30,36H,3,20-21H2,1-2H3/b31-29-. The third kappa shape index (κ3) is 5.73. The predicted octanol–water partition coefficient (Wildman–Crippen LogP) is 5.99. The van der Waals surface area contributed by atoms with E-state index in [9.17, 15) is 14.7 Å². The second-order valence-corrected chi connectivity index (χ2v) is 9.59. The third-order valence-corrected chi connectivity index (χ3v) is 6.76. The summed E-state index contributed by atoms with van der Waals surface area (Å²) in [5.74, 6) is -0.335. The van der Waals surface area contributed by atoms with Crippen molar-refractivity contribution in [3.8, 4) is 11.5 Å². The van der Waals surface area contributed by atoms with Crippen molar-refractivity contribution in [3.05, 3.63) is 131 Å². The van der Waals surface area contributed by atoms with Crippen LogP contribution < -0.4 is 9.47 Å². The fourth-order valence-corrected chi connectivity index (χ4v) is 4.82. The van der Waals surface area contributed by atoms with Gasteiger partial charge in [-0.25, -0.2) is 0 Å². The number of carbonyl (C=O) groups excluding carboxylic acids is 2. The van der Waals surface area contributed by atoms with Crippen LogP contribution >= 0.6 is 0 Å². The smallest absolute Gasteiger partial charge is 0.295 e. The average molecular weight is 535 g/mol. The molecular formula is C33H30N2O5. The number of Topliss-reactive ketones (excluding diaryl/α,β-unsaturated/α-hetero) is 1. The molecule has 7 heteroatoms. The molecule has 1 aromatic heterocycles. The zero-order valence-corrected chi connectivity index (χ0v) is 22.4. The third-order valence-electron chi connectivity index (χ3n) is 6.76. The minimum absolute atomic E-state index is 0.0386. The molecule has 0 spiro atoms. The normalized spacial score (nSPS) is 16.2. The molecule has 0 aliphatic carbocycles. The van der Waals surface area contributed by atoms with Crippen LogP contribution in [0.5, 0.6) is 11.5 Å². The van der Waals surface area contributed by atoms with Crippen molar-refractivity contribution >= 4 is 17.4 Å². The zero-order valence-electron chi connectivity index (χ0n) is 22.4. The van der Waals surface area contributed by atoms with E-state index in [1.165, 1.54) is 4.90 Å². The zero-order chi connectivity index (χ0) is 28.1. The fourth-order valence-electron chi connectivity index (χ4n) is 4.82. The van der Waals surface area contributed by atoms with Gasteiger partial charge in [0, 0.05) is 24.5 Å². The van der Waals surface area contributed by atoms with E-state index in [1.54, 1.807) is 60.9 Å². The fraction of sp³-hybridized carbons (Fsp3) is 0.182. The van der Waals surface area contributed by atoms with Gasteiger partial charge >= 0.3 is 0 Å². The Morgan fingerprint density at radius 2 is 1.55 bits per heavy atom. The van der Waals surface area contributed by atoms with Gasteiger partial charge in [-0.3, -0.25) is 14.6 Å². The van der Waals surface area contributed by atoms with Crippen molar-refractivity contribution in [1.82, 2.24) is 9.88 Å². The van der Waals surface area contributed by atoms with E-state index in [4.69, 9.17) is 9.47 Å². The predicted molar refractivity (Wildman–Crippen MR) is 152 cm³/mol. The van der Waals surface area contributed by atoms with Crippen LogP contribution in [0.2, 0.25) is 0 Å². The summed E-state index contributed by atoms with van der Waals surface area (Å²) < 4.78 is 11.5. The lowest BCUT2D eigenvalue weighted by molar-refractivity contribution is -0.140. The van der Waals surface area contributed by atoms with Crippen LogP contribution in [0, 0.1) is 6.92 Å². The molecule has 1 aliphatic rings. The molecule has 1 aliphatic heterocycles. The number of aliphatic hydroxyl groups excluding tert-OH is 1. The maximum Gasteiger partial charge on any atom is 0.295 e. The number of pyridine rings is 1. The Hall–Kier alpha value is -4.91. The molecule has 3 aromatic carbocycles. The van der Waals surface area contributed by atoms with Crippen molar-refractivity contribution in [2.45, 2.75) is 33.0 Å². The number of aromatic nitrogens is 1. The second-order valence-electron chi connectivity index (χ2n) is 9.59. The molecule has 1 N–H and O–H groups in total. The number of ether oxygens (including phenoxy) is 2. The van der Waals surface area contributed by atoms with Crippen molar-refractivity contribution in [2.24, 2.45) is 0 Å². The van der Waals surface area contributed by atoms with Crippen molar-refractivity contribution < 1.29 is 24.2 Å². The first-order valence-electron chi connectivity index (χ1n) is 13.1. The number of carbonyl (C=O) groups is 2. The molecule has 2 heterocycles. The van der Waals surface area contributed by atoms with Gasteiger partial charge in [-0.15, -0.1) is 0 Å². The van der Waals surface area contributed by atoms with Crippen molar-refractivity contribution in [3.63, 3.8) is 0 Å². The Labute approximate surface area is 233 Å². The minimum atomic E-state index is -0.777. The van der Waals surface area contributed by atoms with Crippen LogP contribution in [0.15, 0.2) is 103 Å². The number of hydrogen-bond donors (Lipinski definition) is 1. The van der Waals surface area contributed by atoms with Crippen LogP contribution in [-0.4, -0.2) is 33.3 Å². The summed E-state index contributed by atoms with van der Waals surface area (Å²) in [6.07, 6.45) is 3.28. The number of benzene rings is 3. The largest absolute Gasteiger partial charge is 0.507 e. The Kier molecular flexibility index (Phi) is 7.92. The minimum Gasteiger partial charge on any atom is -0.507 e. The van der Waals surface area contributed by atoms with E-state index in [1.807, 2.05) is 44.2 Å². The first-order valence-corrected chi connectivity index (χ1v) is 13.1. The van der Waals surface area contributed by atoms with Gasteiger partial charge in [-0.1, -0.05) is 42.0 Å². The molecule has 1 fully saturated rings. The molecule has 1 amide bonds. The van der Waals surface area contributed by atoms with Crippen LogP contribution in [0.1, 0.15) is 40.8 Å². The van der Waals surface area contributed by atoms with E-state index in [2.05, 4.69) is 11.1 Å². The lowest BCUT2D eigenvalue weighted by Crippen LogP contribution is -2.29. The van der Waals surface area contributed by atoms with Crippen molar-refractivity contribution in [2.75, 3.05) is 6.61 Å². The monoisotopic (exact) mass is 534 g/mol. The highest BCUT2D eigenvalue weighted by Crippen LogP contribution is 2.40. The highest BCUT2D eigenvalue weighted by atomic mass is 16.5. The highest BCUT2D eigenvalue weighted by Gasteiger charge is 2.46. The van der Waals surface area contributed by atoms with Gasteiger partial charge in [0.1, 0.15) is 23.9 Å². The lowest BCUT2D eigenvalue weighted by atomic mass is 9.95. The van der Waals surface area contributed by atoms with E-state index in [0.29, 0.717) is 35.8 Å². The molecule has 5 rings (SSSR count). The Morgan fingerprint density at radius 1 is 0.875 bits per heavy atom. The van der Waals surface area contributed by atoms with Gasteiger partial charge in [-0.05, 0) is 79.1 Å². The van der Waals surface area contributed by atoms with E-state index in [0.717, 1.165) is 16.7 Å². The van der Waals surface area contributed by atoms with Gasteiger partial charge < -0.3 is 19.5 Å². The topological polar surface area (TPSA) is 89.0 Å². The second kappa shape index (κ2) is 11.9. The summed E-state index contributed by atoms with van der Waals surface area (Å²) in [5, 5.41) is 11.4. The number of nitrogens with zero attached hydrogens (tertiary/aromatic N) is 2. The summed E-state index contributed by atoms with van der Waals surface area (Å²) >= 11 is 0. The number of hydrogen-bond acceptors (Lipinski definition) is 6. The van der Waals surface area contributed by atoms with Crippen molar-refractivity contribution in [1.29, 1.82) is 0 Å². The van der Waals surface area contributed by atoms with Crippen LogP contribution in [0.3, 0.4) is 0 Å². The molecular weight excluding hydrogens is 504 g/mol. The number of amides is 1. The molecule has 1 atom stereocenters. The molecule has 202 valence electrons. The average Bonchev–Trinajstić information content (AvgIpc) is 3.22. The maximum atomic E-state index is 13.4. The molecule has 0 bridgehead atoms. The molecule has 1 unspecified atom stereocenters. The van der Waals surface area contributed by atoms with Crippen LogP contribution in [0.25, 0.3) is 5.76 Å². The first-order chi connectivity index (χ1) is 19.4. The SMILES string of the molecule is CCOc1ccc(C2/C(=C(/O)c3ccc(OCc4cccc(C)c4)cc3)C(=O)C(=O)N2Cc2ccncc2)cc1. The van der Waals surface area contributed by atoms with Crippen LogP contribution in [0.4, 0.5) is 0 Å². The van der Waals surface area contributed by atoms with Gasteiger partial charge in [0.2, 0.25) is 0 Å². The molecule has 40 heavy (non-hydrogen) atoms. The molecule has 1 saturated heterocycles. The number of aryl methyl sites for hydroxylation is 1. The summed E-state index contributed by atoms with van der Waals surface area (Å²) in [6.45, 7) is 5.04. The molecule has 4 aromatic rings. The van der Waals surface area contributed by atoms with E-state index in [-0.39, 0.29) is 17.9 Å². The molecule has 0 radical (unpaired) electrons. The van der Waals surface area contributed by atoms with Gasteiger partial charge in [0.25, 0.3) is 11.7 Å². The Balaban J connectivity index is 1.47. The van der Waals surface area contributed by atoms with E-state index >= 15 is 0 Å². The molecule has 0 saturated carbocycles. The lowest BCUT2D eigenvalue weighted by Gasteiger charge is -2.25. The summed E-state index contributed by atoms with van der Waals surface area (Å²) in [5.41, 5.74) is 4.18. The van der Waals surface area contributed by atoms with Gasteiger partial charge in [0.05, 0.1) is 18.2 Å². The first kappa shape index (κ1) is 26.7. The van der Waals surface area contributed by atoms with Gasteiger partial charge in [-0.2, -0.15) is 0 Å². The number of aliphatic hydroxyl groups is 1. The van der Waals surface area contributed by atoms with Crippen LogP contribution in [-0.2, 0) is 22.7 Å². The van der Waals surface area contributed by atoms with Gasteiger partial charge in [0.15, 0.2) is 0 Å². The number of ketones is 1. The van der Waals surface area contributed by atoms with E-state index < -0.39 is 17.7 Å². The summed E-state index contributed by atoms with van der Waals surface area (Å²) in [6, 6.07) is 25.0. The Bertz CT molecular complexity index is 1530. The summed E-state index contributed by atoms with van der Waals surface area (Å²) in [4.78, 5) is 32.2. The maximum absolute atomic E-state index is 13.4. The molecule has 7 nitrogen and oxygen atoms in total. The Morgan fingerprint density at radius 3 is 2.23 bits per heavy atom. The highest BCUT2D eigenvalue weighted by molar-refractivity contribution is 6.46.